The lowest BCUT2D eigenvalue weighted by Gasteiger charge is -2.04. The van der Waals surface area contributed by atoms with Crippen molar-refractivity contribution < 1.29 is 17.6 Å². The molecule has 8 heteroatoms. The van der Waals surface area contributed by atoms with Gasteiger partial charge < -0.3 is 4.42 Å². The predicted octanol–water partition coefficient (Wildman–Crippen LogP) is 3.25. The van der Waals surface area contributed by atoms with E-state index in [1.54, 1.807) is 19.1 Å². The molecular formula is C21H23N3O4S. The molecule has 0 aliphatic carbocycles. The molecule has 7 nitrogen and oxygen atoms in total. The first-order chi connectivity index (χ1) is 13.8. The van der Waals surface area contributed by atoms with Crippen LogP contribution in [0.15, 0.2) is 51.8 Å². The Morgan fingerprint density at radius 2 is 1.79 bits per heavy atom. The molecule has 0 fully saturated rings. The molecule has 0 bridgehead atoms. The van der Waals surface area contributed by atoms with Crippen LogP contribution in [-0.4, -0.2) is 30.3 Å². The minimum atomic E-state index is -3.25. The maximum absolute atomic E-state index is 12.2. The number of amides is 1. The number of hydrogen-bond acceptors (Lipinski definition) is 6. The van der Waals surface area contributed by atoms with Gasteiger partial charge in [-0.2, -0.15) is 0 Å². The topological polar surface area (TPSA) is 102 Å². The van der Waals surface area contributed by atoms with Gasteiger partial charge in [-0.15, -0.1) is 5.10 Å². The summed E-state index contributed by atoms with van der Waals surface area (Å²) in [5.41, 5.74) is 4.10. The highest BCUT2D eigenvalue weighted by molar-refractivity contribution is 7.91. The predicted molar refractivity (Wildman–Crippen MR) is 110 cm³/mol. The quantitative estimate of drug-likeness (QED) is 0.638. The standard InChI is InChI=1S/C21H23N3O4S/c1-4-29(26,27)18-9-6-16(7-10-18)12-19(25)22-21-24-23-20(28-21)13-17-8-5-14(2)11-15(17)3/h5-11H,4,12-13H2,1-3H3,(H,22,24,25). The third-order valence-corrected chi connectivity index (χ3v) is 6.33. The summed E-state index contributed by atoms with van der Waals surface area (Å²) in [5, 5.41) is 10.4. The van der Waals surface area contributed by atoms with Crippen LogP contribution in [0.3, 0.4) is 0 Å². The molecule has 152 valence electrons. The molecule has 1 aromatic heterocycles. The van der Waals surface area contributed by atoms with Crippen molar-refractivity contribution in [3.8, 4) is 0 Å². The molecule has 3 rings (SSSR count). The van der Waals surface area contributed by atoms with Gasteiger partial charge in [-0.3, -0.25) is 10.1 Å². The maximum atomic E-state index is 12.2. The number of benzene rings is 2. The molecule has 0 spiro atoms. The van der Waals surface area contributed by atoms with Crippen LogP contribution in [0.5, 0.6) is 0 Å². The summed E-state index contributed by atoms with van der Waals surface area (Å²) < 4.78 is 29.2. The van der Waals surface area contributed by atoms with Crippen molar-refractivity contribution in [3.63, 3.8) is 0 Å². The zero-order valence-electron chi connectivity index (χ0n) is 16.6. The first kappa shape index (κ1) is 20.7. The molecule has 2 aromatic carbocycles. The number of hydrogen-bond donors (Lipinski definition) is 1. The molecule has 0 unspecified atom stereocenters. The number of rotatable bonds is 7. The van der Waals surface area contributed by atoms with Gasteiger partial charge in [-0.25, -0.2) is 8.42 Å². The molecule has 29 heavy (non-hydrogen) atoms. The largest absolute Gasteiger partial charge is 0.407 e. The highest BCUT2D eigenvalue weighted by atomic mass is 32.2. The van der Waals surface area contributed by atoms with E-state index < -0.39 is 9.84 Å². The zero-order valence-corrected chi connectivity index (χ0v) is 17.4. The summed E-state index contributed by atoms with van der Waals surface area (Å²) in [7, 11) is -3.25. The van der Waals surface area contributed by atoms with Gasteiger partial charge >= 0.3 is 6.01 Å². The van der Waals surface area contributed by atoms with Crippen LogP contribution in [0.4, 0.5) is 6.01 Å². The fourth-order valence-corrected chi connectivity index (χ4v) is 3.80. The Bertz CT molecular complexity index is 1120. The average molecular weight is 413 g/mol. The van der Waals surface area contributed by atoms with Crippen LogP contribution in [0.1, 0.15) is 35.1 Å². The lowest BCUT2D eigenvalue weighted by Crippen LogP contribution is -2.14. The molecule has 1 heterocycles. The molecule has 0 aliphatic rings. The summed E-state index contributed by atoms with van der Waals surface area (Å²) in [6.45, 7) is 5.65. The van der Waals surface area contributed by atoms with Crippen molar-refractivity contribution in [2.45, 2.75) is 38.5 Å². The average Bonchev–Trinajstić information content (AvgIpc) is 3.11. The number of aryl methyl sites for hydroxylation is 2. The van der Waals surface area contributed by atoms with E-state index in [0.717, 1.165) is 11.1 Å². The summed E-state index contributed by atoms with van der Waals surface area (Å²) >= 11 is 0. The molecule has 1 amide bonds. The Morgan fingerprint density at radius 3 is 2.45 bits per heavy atom. The third kappa shape index (κ3) is 5.29. The van der Waals surface area contributed by atoms with Crippen LogP contribution in [0, 0.1) is 13.8 Å². The van der Waals surface area contributed by atoms with E-state index in [0.29, 0.717) is 17.9 Å². The van der Waals surface area contributed by atoms with Gasteiger partial charge in [0, 0.05) is 0 Å². The van der Waals surface area contributed by atoms with E-state index in [4.69, 9.17) is 4.42 Å². The molecule has 0 atom stereocenters. The van der Waals surface area contributed by atoms with Crippen molar-refractivity contribution in [1.82, 2.24) is 10.2 Å². The zero-order chi connectivity index (χ0) is 21.0. The Morgan fingerprint density at radius 1 is 1.07 bits per heavy atom. The van der Waals surface area contributed by atoms with E-state index in [1.165, 1.54) is 17.7 Å². The minimum absolute atomic E-state index is 0.0362. The van der Waals surface area contributed by atoms with Crippen molar-refractivity contribution in [3.05, 3.63) is 70.6 Å². The number of sulfone groups is 1. The van der Waals surface area contributed by atoms with E-state index >= 15 is 0 Å². The molecule has 0 aliphatic heterocycles. The number of carbonyl (C=O) groups excluding carboxylic acids is 1. The second kappa shape index (κ2) is 8.57. The van der Waals surface area contributed by atoms with Crippen LogP contribution < -0.4 is 5.32 Å². The number of nitrogens with one attached hydrogen (secondary N) is 1. The highest BCUT2D eigenvalue weighted by Crippen LogP contribution is 2.17. The first-order valence-electron chi connectivity index (χ1n) is 9.27. The summed E-state index contributed by atoms with van der Waals surface area (Å²) in [6.07, 6.45) is 0.559. The van der Waals surface area contributed by atoms with Crippen LogP contribution in [-0.2, 0) is 27.5 Å². The Hall–Kier alpha value is -3.00. The minimum Gasteiger partial charge on any atom is -0.407 e. The van der Waals surface area contributed by atoms with Crippen molar-refractivity contribution >= 4 is 21.8 Å². The third-order valence-electron chi connectivity index (χ3n) is 4.58. The van der Waals surface area contributed by atoms with Crippen molar-refractivity contribution in [2.75, 3.05) is 11.1 Å². The second-order valence-corrected chi connectivity index (χ2v) is 9.16. The number of carbonyl (C=O) groups is 1. The monoisotopic (exact) mass is 413 g/mol. The Balaban J connectivity index is 1.60. The lowest BCUT2D eigenvalue weighted by atomic mass is 10.0. The number of nitrogens with zero attached hydrogens (tertiary/aromatic N) is 2. The van der Waals surface area contributed by atoms with Gasteiger partial charge in [-0.05, 0) is 42.7 Å². The molecule has 0 saturated carbocycles. The Kier molecular flexibility index (Phi) is 6.12. The van der Waals surface area contributed by atoms with Gasteiger partial charge in [0.2, 0.25) is 11.8 Å². The van der Waals surface area contributed by atoms with Gasteiger partial charge in [0.15, 0.2) is 9.84 Å². The van der Waals surface area contributed by atoms with Gasteiger partial charge in [0.05, 0.1) is 23.5 Å². The smallest absolute Gasteiger partial charge is 0.322 e. The lowest BCUT2D eigenvalue weighted by molar-refractivity contribution is -0.115. The van der Waals surface area contributed by atoms with Crippen LogP contribution >= 0.6 is 0 Å². The van der Waals surface area contributed by atoms with Gasteiger partial charge in [-0.1, -0.05) is 47.9 Å². The van der Waals surface area contributed by atoms with Crippen LogP contribution in [0.2, 0.25) is 0 Å². The summed E-state index contributed by atoms with van der Waals surface area (Å²) in [4.78, 5) is 12.5. The van der Waals surface area contributed by atoms with Gasteiger partial charge in [0.1, 0.15) is 0 Å². The van der Waals surface area contributed by atoms with E-state index in [9.17, 15) is 13.2 Å². The molecule has 0 radical (unpaired) electrons. The Labute approximate surface area is 170 Å². The summed E-state index contributed by atoms with van der Waals surface area (Å²) in [6, 6.07) is 12.5. The normalized spacial score (nSPS) is 11.4. The molecule has 0 saturated heterocycles. The van der Waals surface area contributed by atoms with Crippen molar-refractivity contribution in [2.24, 2.45) is 0 Å². The fourth-order valence-electron chi connectivity index (χ4n) is 2.91. The van der Waals surface area contributed by atoms with E-state index in [2.05, 4.69) is 21.6 Å². The van der Waals surface area contributed by atoms with E-state index in [1.807, 2.05) is 26.0 Å². The fraction of sp³-hybridized carbons (Fsp3) is 0.286. The van der Waals surface area contributed by atoms with Gasteiger partial charge in [0.25, 0.3) is 0 Å². The maximum Gasteiger partial charge on any atom is 0.322 e. The second-order valence-electron chi connectivity index (χ2n) is 6.88. The van der Waals surface area contributed by atoms with E-state index in [-0.39, 0.29) is 29.0 Å². The molecule has 1 N–H and O–H groups in total. The molecular weight excluding hydrogens is 390 g/mol. The number of aromatic nitrogens is 2. The van der Waals surface area contributed by atoms with Crippen molar-refractivity contribution in [1.29, 1.82) is 0 Å². The first-order valence-corrected chi connectivity index (χ1v) is 10.9. The highest BCUT2D eigenvalue weighted by Gasteiger charge is 2.14. The molecule has 3 aromatic rings. The van der Waals surface area contributed by atoms with Crippen LogP contribution in [0.25, 0.3) is 0 Å². The summed E-state index contributed by atoms with van der Waals surface area (Å²) in [5.74, 6) is 0.133. The SMILES string of the molecule is CCS(=O)(=O)c1ccc(CC(=O)Nc2nnc(Cc3ccc(C)cc3C)o2)cc1. The number of anilines is 1.